The van der Waals surface area contributed by atoms with Crippen LogP contribution in [0.1, 0.15) is 25.0 Å². The van der Waals surface area contributed by atoms with Gasteiger partial charge in [0.05, 0.1) is 25.2 Å². The minimum atomic E-state index is -0.796. The van der Waals surface area contributed by atoms with E-state index in [2.05, 4.69) is 0 Å². The van der Waals surface area contributed by atoms with Crippen LogP contribution in [-0.4, -0.2) is 24.3 Å². The van der Waals surface area contributed by atoms with Gasteiger partial charge in [0.1, 0.15) is 5.75 Å². The molecule has 0 spiro atoms. The Morgan fingerprint density at radius 3 is 2.59 bits per heavy atom. The van der Waals surface area contributed by atoms with Crippen LogP contribution in [0.3, 0.4) is 0 Å². The third-order valence-corrected chi connectivity index (χ3v) is 3.09. The molecule has 0 aliphatic carbocycles. The Labute approximate surface area is 100 Å². The van der Waals surface area contributed by atoms with Crippen molar-refractivity contribution in [2.45, 2.75) is 25.6 Å². The smallest absolute Gasteiger partial charge is 0.309 e. The van der Waals surface area contributed by atoms with Crippen LogP contribution in [0.25, 0.3) is 0 Å². The van der Waals surface area contributed by atoms with Crippen molar-refractivity contribution in [3.8, 4) is 5.75 Å². The number of ether oxygens (including phenoxy) is 2. The van der Waals surface area contributed by atoms with Crippen LogP contribution in [-0.2, 0) is 9.53 Å². The molecular weight excluding hydrogens is 220 g/mol. The molecular formula is C13H16O4. The first-order chi connectivity index (χ1) is 8.11. The maximum absolute atomic E-state index is 11.1. The quantitative estimate of drug-likeness (QED) is 0.874. The monoisotopic (exact) mass is 236 g/mol. The van der Waals surface area contributed by atoms with Crippen LogP contribution < -0.4 is 4.74 Å². The SMILES string of the molecule is COc1ccc([C@@H]2O[C@H](C)C[C@H]2C(=O)O)cc1. The molecule has 3 atom stereocenters. The molecule has 0 radical (unpaired) electrons. The van der Waals surface area contributed by atoms with Crippen LogP contribution in [0.15, 0.2) is 24.3 Å². The van der Waals surface area contributed by atoms with E-state index in [4.69, 9.17) is 14.6 Å². The van der Waals surface area contributed by atoms with E-state index in [9.17, 15) is 4.79 Å². The molecule has 17 heavy (non-hydrogen) atoms. The summed E-state index contributed by atoms with van der Waals surface area (Å²) in [4.78, 5) is 11.1. The van der Waals surface area contributed by atoms with Gasteiger partial charge in [-0.05, 0) is 31.0 Å². The van der Waals surface area contributed by atoms with Crippen molar-refractivity contribution >= 4 is 5.97 Å². The van der Waals surface area contributed by atoms with Crippen molar-refractivity contribution in [2.75, 3.05) is 7.11 Å². The van der Waals surface area contributed by atoms with Gasteiger partial charge in [-0.1, -0.05) is 12.1 Å². The van der Waals surface area contributed by atoms with Gasteiger partial charge in [0.2, 0.25) is 0 Å². The summed E-state index contributed by atoms with van der Waals surface area (Å²) in [5, 5.41) is 9.16. The number of carboxylic acid groups (broad SMARTS) is 1. The van der Waals surface area contributed by atoms with Crippen LogP contribution >= 0.6 is 0 Å². The third-order valence-electron chi connectivity index (χ3n) is 3.09. The molecule has 1 N–H and O–H groups in total. The fourth-order valence-corrected chi connectivity index (χ4v) is 2.22. The highest BCUT2D eigenvalue weighted by atomic mass is 16.5. The van der Waals surface area contributed by atoms with E-state index in [1.165, 1.54) is 0 Å². The summed E-state index contributed by atoms with van der Waals surface area (Å²) in [6, 6.07) is 7.36. The highest BCUT2D eigenvalue weighted by Crippen LogP contribution is 2.38. The predicted octanol–water partition coefficient (Wildman–Crippen LogP) is 2.25. The number of methoxy groups -OCH3 is 1. The zero-order chi connectivity index (χ0) is 12.4. The molecule has 0 bridgehead atoms. The Bertz CT molecular complexity index is 398. The van der Waals surface area contributed by atoms with Gasteiger partial charge in [-0.2, -0.15) is 0 Å². The maximum atomic E-state index is 11.1. The molecule has 2 rings (SSSR count). The van der Waals surface area contributed by atoms with Crippen LogP contribution in [0.2, 0.25) is 0 Å². The second-order valence-electron chi connectivity index (χ2n) is 4.32. The molecule has 4 heteroatoms. The number of hydrogen-bond acceptors (Lipinski definition) is 3. The average molecular weight is 236 g/mol. The highest BCUT2D eigenvalue weighted by Gasteiger charge is 2.38. The molecule has 1 heterocycles. The van der Waals surface area contributed by atoms with Crippen molar-refractivity contribution in [1.29, 1.82) is 0 Å². The molecule has 0 amide bonds. The Balaban J connectivity index is 2.22. The molecule has 0 saturated carbocycles. The van der Waals surface area contributed by atoms with Crippen molar-refractivity contribution in [2.24, 2.45) is 5.92 Å². The normalized spacial score (nSPS) is 28.0. The summed E-state index contributed by atoms with van der Waals surface area (Å²) in [5.41, 5.74) is 0.891. The summed E-state index contributed by atoms with van der Waals surface area (Å²) in [6.07, 6.45) is 0.197. The number of aliphatic carboxylic acids is 1. The van der Waals surface area contributed by atoms with Crippen molar-refractivity contribution in [3.05, 3.63) is 29.8 Å². The van der Waals surface area contributed by atoms with Gasteiger partial charge >= 0.3 is 5.97 Å². The van der Waals surface area contributed by atoms with E-state index in [1.54, 1.807) is 7.11 Å². The van der Waals surface area contributed by atoms with E-state index in [1.807, 2.05) is 31.2 Å². The van der Waals surface area contributed by atoms with E-state index >= 15 is 0 Å². The lowest BCUT2D eigenvalue weighted by Gasteiger charge is -2.15. The second kappa shape index (κ2) is 4.75. The number of hydrogen-bond donors (Lipinski definition) is 1. The third kappa shape index (κ3) is 2.42. The fraction of sp³-hybridized carbons (Fsp3) is 0.462. The van der Waals surface area contributed by atoms with Gasteiger partial charge in [0.15, 0.2) is 0 Å². The standard InChI is InChI=1S/C13H16O4/c1-8-7-11(13(14)15)12(17-8)9-3-5-10(16-2)6-4-9/h3-6,8,11-12H,7H2,1-2H3,(H,14,15)/t8-,11-,12+/m1/s1. The van der Waals surface area contributed by atoms with Crippen molar-refractivity contribution in [1.82, 2.24) is 0 Å². The molecule has 1 aromatic carbocycles. The highest BCUT2D eigenvalue weighted by molar-refractivity contribution is 5.71. The van der Waals surface area contributed by atoms with Crippen LogP contribution in [0.5, 0.6) is 5.75 Å². The lowest BCUT2D eigenvalue weighted by molar-refractivity contribution is -0.143. The predicted molar refractivity (Wildman–Crippen MR) is 62.0 cm³/mol. The Hall–Kier alpha value is -1.55. The molecule has 0 aromatic heterocycles. The molecule has 1 aliphatic rings. The van der Waals surface area contributed by atoms with E-state index in [-0.39, 0.29) is 12.2 Å². The molecule has 0 unspecified atom stereocenters. The minimum Gasteiger partial charge on any atom is -0.497 e. The van der Waals surface area contributed by atoms with E-state index in [0.717, 1.165) is 11.3 Å². The topological polar surface area (TPSA) is 55.8 Å². The molecule has 4 nitrogen and oxygen atoms in total. The number of benzene rings is 1. The minimum absolute atomic E-state index is 0.0109. The van der Waals surface area contributed by atoms with Gasteiger partial charge in [-0.25, -0.2) is 0 Å². The molecule has 1 fully saturated rings. The summed E-state index contributed by atoms with van der Waals surface area (Å²) >= 11 is 0. The summed E-state index contributed by atoms with van der Waals surface area (Å²) in [7, 11) is 1.60. The maximum Gasteiger partial charge on any atom is 0.309 e. The first kappa shape index (κ1) is 11.9. The second-order valence-corrected chi connectivity index (χ2v) is 4.32. The lowest BCUT2D eigenvalue weighted by atomic mass is 9.94. The van der Waals surface area contributed by atoms with Crippen LogP contribution in [0.4, 0.5) is 0 Å². The average Bonchev–Trinajstić information content (AvgIpc) is 2.72. The molecule has 1 saturated heterocycles. The van der Waals surface area contributed by atoms with Gasteiger partial charge < -0.3 is 14.6 Å². The van der Waals surface area contributed by atoms with E-state index < -0.39 is 11.9 Å². The largest absolute Gasteiger partial charge is 0.497 e. The summed E-state index contributed by atoms with van der Waals surface area (Å²) in [6.45, 7) is 1.90. The number of rotatable bonds is 3. The van der Waals surface area contributed by atoms with Gasteiger partial charge in [0.25, 0.3) is 0 Å². The van der Waals surface area contributed by atoms with Gasteiger partial charge in [-0.15, -0.1) is 0 Å². The Morgan fingerprint density at radius 2 is 2.06 bits per heavy atom. The van der Waals surface area contributed by atoms with Crippen LogP contribution in [0, 0.1) is 5.92 Å². The Morgan fingerprint density at radius 1 is 1.41 bits per heavy atom. The molecule has 1 aliphatic heterocycles. The number of carbonyl (C=O) groups is 1. The van der Waals surface area contributed by atoms with Gasteiger partial charge in [0, 0.05) is 0 Å². The zero-order valence-electron chi connectivity index (χ0n) is 9.92. The summed E-state index contributed by atoms with van der Waals surface area (Å²) < 4.78 is 10.7. The first-order valence-electron chi connectivity index (χ1n) is 5.64. The fourth-order valence-electron chi connectivity index (χ4n) is 2.22. The zero-order valence-corrected chi connectivity index (χ0v) is 9.92. The Kier molecular flexibility index (Phi) is 3.33. The summed E-state index contributed by atoms with van der Waals surface area (Å²) in [5.74, 6) is -0.500. The lowest BCUT2D eigenvalue weighted by Crippen LogP contribution is -2.17. The molecule has 1 aromatic rings. The van der Waals surface area contributed by atoms with Gasteiger partial charge in [-0.3, -0.25) is 4.79 Å². The number of carboxylic acids is 1. The first-order valence-corrected chi connectivity index (χ1v) is 5.64. The molecule has 92 valence electrons. The van der Waals surface area contributed by atoms with Crippen molar-refractivity contribution in [3.63, 3.8) is 0 Å². The van der Waals surface area contributed by atoms with Crippen molar-refractivity contribution < 1.29 is 19.4 Å². The van der Waals surface area contributed by atoms with E-state index in [0.29, 0.717) is 6.42 Å².